The quantitative estimate of drug-likeness (QED) is 0.206. The van der Waals surface area contributed by atoms with Gasteiger partial charge in [0, 0.05) is 13.5 Å². The highest BCUT2D eigenvalue weighted by Gasteiger charge is 2.59. The lowest BCUT2D eigenvalue weighted by atomic mass is 9.94. The van der Waals surface area contributed by atoms with E-state index in [4.69, 9.17) is 20.0 Å². The molecule has 0 saturated heterocycles. The molecule has 0 radical (unpaired) electrons. The summed E-state index contributed by atoms with van der Waals surface area (Å²) in [5.74, 6) is -0.508. The lowest BCUT2D eigenvalue weighted by Crippen LogP contribution is -2.75. The van der Waals surface area contributed by atoms with Gasteiger partial charge in [0.25, 0.3) is 5.91 Å². The Morgan fingerprint density at radius 1 is 1.13 bits per heavy atom. The molecule has 2 aromatic rings. The summed E-state index contributed by atoms with van der Waals surface area (Å²) < 4.78 is 39.5. The van der Waals surface area contributed by atoms with Crippen LogP contribution in [0.2, 0.25) is 0 Å². The van der Waals surface area contributed by atoms with Gasteiger partial charge in [0.15, 0.2) is 6.61 Å². The average Bonchev–Trinajstić information content (AvgIpc) is 3.43. The first-order valence-corrected chi connectivity index (χ1v) is 13.9. The number of hydroxylamine groups is 2. The number of nitrogens with zero attached hydrogens (tertiary/aromatic N) is 1. The minimum atomic E-state index is -4.82. The van der Waals surface area contributed by atoms with E-state index in [1.165, 1.54) is 32.4 Å². The number of carbonyl (C=O) groups is 2. The number of aliphatic hydroxyl groups is 1. The molecule has 2 atom stereocenters. The van der Waals surface area contributed by atoms with Crippen LogP contribution in [0.5, 0.6) is 5.75 Å². The summed E-state index contributed by atoms with van der Waals surface area (Å²) in [5.41, 5.74) is 4.57. The Bertz CT molecular complexity index is 1240. The predicted octanol–water partition coefficient (Wildman–Crippen LogP) is 1.67. The molecule has 1 aliphatic carbocycles. The minimum Gasteiger partial charge on any atom is -0.484 e. The van der Waals surface area contributed by atoms with E-state index >= 15 is 0 Å². The van der Waals surface area contributed by atoms with Gasteiger partial charge in [-0.2, -0.15) is 0 Å². The lowest BCUT2D eigenvalue weighted by molar-refractivity contribution is -0.170. The minimum absolute atomic E-state index is 0.0184. The summed E-state index contributed by atoms with van der Waals surface area (Å²) in [6, 6.07) is 13.5. The first-order valence-electron chi connectivity index (χ1n) is 12.4. The van der Waals surface area contributed by atoms with Gasteiger partial charge in [0.05, 0.1) is 24.7 Å². The van der Waals surface area contributed by atoms with Crippen LogP contribution in [-0.2, 0) is 30.6 Å². The highest BCUT2D eigenvalue weighted by Crippen LogP contribution is 2.36. The van der Waals surface area contributed by atoms with E-state index in [0.717, 1.165) is 24.0 Å². The van der Waals surface area contributed by atoms with Crippen molar-refractivity contribution in [3.63, 3.8) is 0 Å². The number of likely N-dealkylation sites (N-methyl/N-ethyl adjacent to an activating group) is 1. The fourth-order valence-corrected chi connectivity index (χ4v) is 6.13. The zero-order valence-electron chi connectivity index (χ0n) is 21.9. The first kappa shape index (κ1) is 30.3. The molecule has 1 saturated carbocycles. The normalized spacial score (nSPS) is 17.1. The maximum Gasteiger partial charge on any atom is 0.406 e. The maximum absolute atomic E-state index is 14.1. The van der Waals surface area contributed by atoms with E-state index in [-0.39, 0.29) is 18.3 Å². The molecule has 214 valence electrons. The van der Waals surface area contributed by atoms with Crippen LogP contribution in [0.1, 0.15) is 31.2 Å². The number of nitrogens with one attached hydrogen (secondary N) is 1. The summed E-state index contributed by atoms with van der Waals surface area (Å²) in [5, 5.41) is 24.7. The van der Waals surface area contributed by atoms with Crippen molar-refractivity contribution in [3.8, 4) is 5.75 Å². The second-order valence-electron chi connectivity index (χ2n) is 9.41. The maximum atomic E-state index is 14.1. The molecule has 1 aliphatic rings. The van der Waals surface area contributed by atoms with Crippen molar-refractivity contribution in [1.82, 2.24) is 10.4 Å². The van der Waals surface area contributed by atoms with Gasteiger partial charge in [-0.1, -0.05) is 49.2 Å². The molecule has 2 amide bonds. The van der Waals surface area contributed by atoms with Crippen LogP contribution in [-0.4, -0.2) is 79.8 Å². The number of ether oxygens (including phenoxy) is 2. The number of rotatable bonds is 13. The fourth-order valence-electron chi connectivity index (χ4n) is 4.38. The number of amides is 2. The third-order valence-electron chi connectivity index (χ3n) is 6.72. The molecule has 1 fully saturated rings. The van der Waals surface area contributed by atoms with Crippen LogP contribution in [0, 0.1) is 0 Å². The van der Waals surface area contributed by atoms with Gasteiger partial charge in [-0.3, -0.25) is 14.9 Å². The molecule has 39 heavy (non-hydrogen) atoms. The Balaban J connectivity index is 2.04. The fraction of sp³-hybridized carbons (Fsp3) is 0.462. The second kappa shape index (κ2) is 12.7. The highest BCUT2D eigenvalue weighted by molar-refractivity contribution is 7.92. The number of benzene rings is 2. The molecular formula is C26H35N3O9S. The summed E-state index contributed by atoms with van der Waals surface area (Å²) >= 11 is 0. The van der Waals surface area contributed by atoms with Gasteiger partial charge in [-0.05, 0) is 36.6 Å². The zero-order valence-corrected chi connectivity index (χ0v) is 22.7. The standard InChI is InChI=1S/C26H35N3O9S/c1-29(36-2)23(30)17-37-21-13-8-14-22(15-21)39(34,35)26(33,18-38-20-11-6-7-12-20)25(27,28-24(31)32)16-19-9-4-3-5-10-19/h3-5,8-10,13-15,20,28,33H,6-7,11-12,16-18,27H2,1-2H3,(H,31,32)/t25-,26-/m0/s1. The van der Waals surface area contributed by atoms with E-state index in [1.54, 1.807) is 30.3 Å². The van der Waals surface area contributed by atoms with Gasteiger partial charge in [0.1, 0.15) is 11.4 Å². The number of hydrogen-bond donors (Lipinski definition) is 4. The number of nitrogens with two attached hydrogens (primary N) is 1. The molecule has 0 aliphatic heterocycles. The van der Waals surface area contributed by atoms with Crippen molar-refractivity contribution in [2.24, 2.45) is 5.73 Å². The van der Waals surface area contributed by atoms with Crippen LogP contribution < -0.4 is 15.8 Å². The third kappa shape index (κ3) is 7.05. The molecule has 0 bridgehead atoms. The topological polar surface area (TPSA) is 178 Å². The monoisotopic (exact) mass is 565 g/mol. The Morgan fingerprint density at radius 2 is 1.79 bits per heavy atom. The third-order valence-corrected chi connectivity index (χ3v) is 8.96. The van der Waals surface area contributed by atoms with Crippen molar-refractivity contribution < 1.29 is 42.5 Å². The molecule has 13 heteroatoms. The van der Waals surface area contributed by atoms with Crippen LogP contribution in [0.25, 0.3) is 0 Å². The lowest BCUT2D eigenvalue weighted by Gasteiger charge is -2.43. The Hall–Kier alpha value is -3.23. The van der Waals surface area contributed by atoms with Gasteiger partial charge >= 0.3 is 6.09 Å². The Labute approximate surface area is 227 Å². The summed E-state index contributed by atoms with van der Waals surface area (Å²) in [7, 11) is -2.12. The van der Waals surface area contributed by atoms with E-state index < -0.39 is 50.5 Å². The molecular weight excluding hydrogens is 530 g/mol. The molecule has 0 heterocycles. The predicted molar refractivity (Wildman–Crippen MR) is 140 cm³/mol. The van der Waals surface area contributed by atoms with E-state index in [0.29, 0.717) is 18.4 Å². The summed E-state index contributed by atoms with van der Waals surface area (Å²) in [6.45, 7) is -1.23. The molecule has 12 nitrogen and oxygen atoms in total. The molecule has 2 aromatic carbocycles. The van der Waals surface area contributed by atoms with Crippen LogP contribution >= 0.6 is 0 Å². The number of carboxylic acid groups (broad SMARTS) is 1. The van der Waals surface area contributed by atoms with Gasteiger partial charge in [-0.25, -0.2) is 18.3 Å². The van der Waals surface area contributed by atoms with Gasteiger partial charge in [-0.15, -0.1) is 0 Å². The SMILES string of the molecule is CON(C)C(=O)COc1cccc(S(=O)(=O)[C@@](O)(COC2CCCC2)[C@](N)(Cc2ccccc2)NC(=O)O)c1. The molecule has 0 unspecified atom stereocenters. The zero-order chi connectivity index (χ0) is 28.7. The number of hydrogen-bond acceptors (Lipinski definition) is 9. The number of sulfone groups is 1. The average molecular weight is 566 g/mol. The van der Waals surface area contributed by atoms with Gasteiger partial charge in [0.2, 0.25) is 14.8 Å². The van der Waals surface area contributed by atoms with E-state index in [1.807, 2.05) is 0 Å². The Morgan fingerprint density at radius 3 is 2.41 bits per heavy atom. The van der Waals surface area contributed by atoms with Gasteiger partial charge < -0.3 is 25.4 Å². The van der Waals surface area contributed by atoms with Crippen LogP contribution in [0.3, 0.4) is 0 Å². The molecule has 5 N–H and O–H groups in total. The molecule has 0 spiro atoms. The van der Waals surface area contributed by atoms with Crippen molar-refractivity contribution in [1.29, 1.82) is 0 Å². The largest absolute Gasteiger partial charge is 0.484 e. The van der Waals surface area contributed by atoms with Crippen molar-refractivity contribution >= 4 is 21.8 Å². The first-order chi connectivity index (χ1) is 18.4. The van der Waals surface area contributed by atoms with Crippen LogP contribution in [0.15, 0.2) is 59.5 Å². The summed E-state index contributed by atoms with van der Waals surface area (Å²) in [4.78, 5) is 25.3. The summed E-state index contributed by atoms with van der Waals surface area (Å²) in [6.07, 6.45) is 0.821. The molecule has 3 rings (SSSR count). The van der Waals surface area contributed by atoms with E-state index in [9.17, 15) is 28.2 Å². The number of carbonyl (C=O) groups excluding carboxylic acids is 1. The molecule has 0 aromatic heterocycles. The van der Waals surface area contributed by atoms with Crippen molar-refractivity contribution in [3.05, 3.63) is 60.2 Å². The highest BCUT2D eigenvalue weighted by atomic mass is 32.2. The van der Waals surface area contributed by atoms with Crippen LogP contribution in [0.4, 0.5) is 4.79 Å². The Kier molecular flexibility index (Phi) is 9.91. The van der Waals surface area contributed by atoms with E-state index in [2.05, 4.69) is 5.32 Å². The van der Waals surface area contributed by atoms with Crippen molar-refractivity contribution in [2.75, 3.05) is 27.4 Å². The smallest absolute Gasteiger partial charge is 0.406 e. The van der Waals surface area contributed by atoms with Crippen molar-refractivity contribution in [2.45, 2.75) is 53.7 Å². The second-order valence-corrected chi connectivity index (χ2v) is 11.6.